The molecule has 0 amide bonds. The zero-order valence-electron chi connectivity index (χ0n) is 9.90. The van der Waals surface area contributed by atoms with Crippen molar-refractivity contribution in [1.29, 1.82) is 0 Å². The van der Waals surface area contributed by atoms with Gasteiger partial charge in [0.05, 0.1) is 33.0 Å². The number of aliphatic carboxylic acids is 1. The van der Waals surface area contributed by atoms with Crippen molar-refractivity contribution in [3.8, 4) is 0 Å². The van der Waals surface area contributed by atoms with Crippen LogP contribution in [0.15, 0.2) is 0 Å². The van der Waals surface area contributed by atoms with Crippen LogP contribution in [0.25, 0.3) is 0 Å². The van der Waals surface area contributed by atoms with Crippen LogP contribution in [0.1, 0.15) is 6.92 Å². The molecule has 0 aliphatic heterocycles. The number of nitrogens with one attached hydrogen (secondary N) is 1. The summed E-state index contributed by atoms with van der Waals surface area (Å²) in [6, 6.07) is -0.540. The Kier molecular flexibility index (Phi) is 10.3. The van der Waals surface area contributed by atoms with Gasteiger partial charge in [-0.05, 0) is 6.92 Å². The molecule has 0 rings (SSSR count). The molecule has 0 fully saturated rings. The lowest BCUT2D eigenvalue weighted by molar-refractivity contribution is -0.139. The van der Waals surface area contributed by atoms with E-state index < -0.39 is 12.0 Å². The Bertz CT molecular complexity index is 177. The molecule has 0 saturated carbocycles. The first-order valence-electron chi connectivity index (χ1n) is 5.29. The van der Waals surface area contributed by atoms with E-state index in [1.54, 1.807) is 14.0 Å². The van der Waals surface area contributed by atoms with Crippen LogP contribution in [0.4, 0.5) is 0 Å². The SMILES string of the molecule is COCCOCCOCCN[C@H](C)C(=O)O. The summed E-state index contributed by atoms with van der Waals surface area (Å²) in [6.07, 6.45) is 0. The Morgan fingerprint density at radius 1 is 1.19 bits per heavy atom. The standard InChI is InChI=1S/C10H21NO5/c1-9(10(12)13)11-3-4-15-7-8-16-6-5-14-2/h9,11H,3-8H2,1-2H3,(H,12,13)/t9-/m1/s1. The quantitative estimate of drug-likeness (QED) is 0.480. The summed E-state index contributed by atoms with van der Waals surface area (Å²) in [5, 5.41) is 11.4. The molecular formula is C10H21NO5. The van der Waals surface area contributed by atoms with Gasteiger partial charge < -0.3 is 24.6 Å². The van der Waals surface area contributed by atoms with E-state index in [1.807, 2.05) is 0 Å². The molecule has 0 spiro atoms. The van der Waals surface area contributed by atoms with Crippen molar-refractivity contribution < 1.29 is 24.1 Å². The van der Waals surface area contributed by atoms with E-state index in [2.05, 4.69) is 5.32 Å². The first-order valence-corrected chi connectivity index (χ1v) is 5.29. The molecule has 6 heteroatoms. The number of hydrogen-bond acceptors (Lipinski definition) is 5. The predicted octanol–water partition coefficient (Wildman–Crippen LogP) is -0.271. The smallest absolute Gasteiger partial charge is 0.320 e. The maximum absolute atomic E-state index is 10.4. The molecular weight excluding hydrogens is 214 g/mol. The molecule has 0 aliphatic carbocycles. The van der Waals surface area contributed by atoms with Crippen molar-refractivity contribution in [2.45, 2.75) is 13.0 Å². The third kappa shape index (κ3) is 9.85. The van der Waals surface area contributed by atoms with Crippen LogP contribution >= 0.6 is 0 Å². The van der Waals surface area contributed by atoms with Gasteiger partial charge in [0, 0.05) is 13.7 Å². The Hall–Kier alpha value is -0.690. The molecule has 0 aromatic rings. The summed E-state index contributed by atoms with van der Waals surface area (Å²) in [5.74, 6) is -0.858. The van der Waals surface area contributed by atoms with Gasteiger partial charge in [-0.25, -0.2) is 0 Å². The van der Waals surface area contributed by atoms with Gasteiger partial charge in [-0.1, -0.05) is 0 Å². The molecule has 6 nitrogen and oxygen atoms in total. The average molecular weight is 235 g/mol. The fraction of sp³-hybridized carbons (Fsp3) is 0.900. The molecule has 96 valence electrons. The summed E-state index contributed by atoms with van der Waals surface area (Å²) in [7, 11) is 1.62. The van der Waals surface area contributed by atoms with Gasteiger partial charge in [0.2, 0.25) is 0 Å². The summed E-state index contributed by atoms with van der Waals surface area (Å²) in [4.78, 5) is 10.4. The zero-order chi connectivity index (χ0) is 12.2. The monoisotopic (exact) mass is 235 g/mol. The van der Waals surface area contributed by atoms with Crippen LogP contribution < -0.4 is 5.32 Å². The second kappa shape index (κ2) is 10.8. The van der Waals surface area contributed by atoms with Gasteiger partial charge in [-0.2, -0.15) is 0 Å². The first kappa shape index (κ1) is 15.3. The van der Waals surface area contributed by atoms with Crippen molar-refractivity contribution in [1.82, 2.24) is 5.32 Å². The highest BCUT2D eigenvalue weighted by atomic mass is 16.5. The number of ether oxygens (including phenoxy) is 3. The summed E-state index contributed by atoms with van der Waals surface area (Å²) < 4.78 is 15.2. The zero-order valence-corrected chi connectivity index (χ0v) is 9.90. The number of methoxy groups -OCH3 is 1. The lowest BCUT2D eigenvalue weighted by Crippen LogP contribution is -2.36. The van der Waals surface area contributed by atoms with E-state index in [1.165, 1.54) is 0 Å². The fourth-order valence-corrected chi connectivity index (χ4v) is 0.899. The van der Waals surface area contributed by atoms with Crippen molar-refractivity contribution in [2.75, 3.05) is 46.7 Å². The number of carbonyl (C=O) groups is 1. The largest absolute Gasteiger partial charge is 0.480 e. The second-order valence-electron chi connectivity index (χ2n) is 3.23. The van der Waals surface area contributed by atoms with E-state index in [4.69, 9.17) is 19.3 Å². The molecule has 0 radical (unpaired) electrons. The Morgan fingerprint density at radius 3 is 2.31 bits per heavy atom. The third-order valence-corrected chi connectivity index (χ3v) is 1.87. The molecule has 0 saturated heterocycles. The normalized spacial score (nSPS) is 12.6. The predicted molar refractivity (Wildman–Crippen MR) is 58.6 cm³/mol. The van der Waals surface area contributed by atoms with Crippen LogP contribution in [0.2, 0.25) is 0 Å². The number of carboxylic acid groups (broad SMARTS) is 1. The summed E-state index contributed by atoms with van der Waals surface area (Å²) in [6.45, 7) is 4.77. The van der Waals surface area contributed by atoms with Crippen molar-refractivity contribution in [2.24, 2.45) is 0 Å². The van der Waals surface area contributed by atoms with Crippen LogP contribution in [0, 0.1) is 0 Å². The molecule has 0 unspecified atom stereocenters. The van der Waals surface area contributed by atoms with Crippen LogP contribution in [0.5, 0.6) is 0 Å². The highest BCUT2D eigenvalue weighted by molar-refractivity contribution is 5.72. The molecule has 1 atom stereocenters. The van der Waals surface area contributed by atoms with E-state index in [9.17, 15) is 4.79 Å². The Labute approximate surface area is 95.9 Å². The molecule has 0 bridgehead atoms. The molecule has 2 N–H and O–H groups in total. The first-order chi connectivity index (χ1) is 7.68. The minimum absolute atomic E-state index is 0.477. The van der Waals surface area contributed by atoms with E-state index >= 15 is 0 Å². The van der Waals surface area contributed by atoms with Crippen LogP contribution in [-0.4, -0.2) is 63.8 Å². The minimum atomic E-state index is -0.858. The number of carboxylic acids is 1. The lowest BCUT2D eigenvalue weighted by atomic mass is 10.3. The van der Waals surface area contributed by atoms with E-state index in [-0.39, 0.29) is 0 Å². The van der Waals surface area contributed by atoms with Gasteiger partial charge in [0.15, 0.2) is 0 Å². The second-order valence-corrected chi connectivity index (χ2v) is 3.23. The maximum atomic E-state index is 10.4. The van der Waals surface area contributed by atoms with Crippen LogP contribution in [-0.2, 0) is 19.0 Å². The van der Waals surface area contributed by atoms with Crippen molar-refractivity contribution >= 4 is 5.97 Å². The number of rotatable bonds is 11. The van der Waals surface area contributed by atoms with Gasteiger partial charge in [0.1, 0.15) is 6.04 Å². The minimum Gasteiger partial charge on any atom is -0.480 e. The highest BCUT2D eigenvalue weighted by Gasteiger charge is 2.07. The van der Waals surface area contributed by atoms with Crippen molar-refractivity contribution in [3.63, 3.8) is 0 Å². The Morgan fingerprint density at radius 2 is 1.75 bits per heavy atom. The van der Waals surface area contributed by atoms with Crippen LogP contribution in [0.3, 0.4) is 0 Å². The molecule has 16 heavy (non-hydrogen) atoms. The topological polar surface area (TPSA) is 77.0 Å². The Balaban J connectivity index is 3.07. The molecule has 0 aromatic heterocycles. The van der Waals surface area contributed by atoms with Gasteiger partial charge in [0.25, 0.3) is 0 Å². The number of hydrogen-bond donors (Lipinski definition) is 2. The third-order valence-electron chi connectivity index (χ3n) is 1.87. The molecule has 0 aliphatic rings. The van der Waals surface area contributed by atoms with E-state index in [0.29, 0.717) is 39.6 Å². The highest BCUT2D eigenvalue weighted by Crippen LogP contribution is 1.82. The molecule has 0 heterocycles. The van der Waals surface area contributed by atoms with Gasteiger partial charge in [-0.3, -0.25) is 4.79 Å². The summed E-state index contributed by atoms with van der Waals surface area (Å²) in [5.41, 5.74) is 0. The van der Waals surface area contributed by atoms with Gasteiger partial charge in [-0.15, -0.1) is 0 Å². The lowest BCUT2D eigenvalue weighted by Gasteiger charge is -2.09. The summed E-state index contributed by atoms with van der Waals surface area (Å²) >= 11 is 0. The molecule has 0 aromatic carbocycles. The van der Waals surface area contributed by atoms with Gasteiger partial charge >= 0.3 is 5.97 Å². The fourth-order valence-electron chi connectivity index (χ4n) is 0.899. The van der Waals surface area contributed by atoms with E-state index in [0.717, 1.165) is 0 Å². The van der Waals surface area contributed by atoms with Crippen molar-refractivity contribution in [3.05, 3.63) is 0 Å². The average Bonchev–Trinajstić information content (AvgIpc) is 2.26. The maximum Gasteiger partial charge on any atom is 0.320 e.